The molecule has 2 aromatic rings. The highest BCUT2D eigenvalue weighted by Gasteiger charge is 2.22. The van der Waals surface area contributed by atoms with Crippen molar-refractivity contribution in [1.29, 1.82) is 0 Å². The molecule has 3 rings (SSSR count). The maximum atomic E-state index is 12.3. The van der Waals surface area contributed by atoms with E-state index in [0.29, 0.717) is 5.75 Å². The molecule has 0 unspecified atom stereocenters. The second-order valence-electron chi connectivity index (χ2n) is 5.90. The van der Waals surface area contributed by atoms with Gasteiger partial charge in [-0.15, -0.1) is 10.2 Å². The molecule has 0 atom stereocenters. The van der Waals surface area contributed by atoms with Crippen LogP contribution in [-0.4, -0.2) is 59.5 Å². The summed E-state index contributed by atoms with van der Waals surface area (Å²) in [6.45, 7) is 7.17. The lowest BCUT2D eigenvalue weighted by molar-refractivity contribution is -0.902. The second kappa shape index (κ2) is 8.26. The van der Waals surface area contributed by atoms with Crippen LogP contribution in [0.2, 0.25) is 0 Å². The Bertz CT molecular complexity index is 654. The number of hydrogen-bond donors (Lipinski definition) is 1. The van der Waals surface area contributed by atoms with Crippen LogP contribution in [-0.2, 0) is 4.79 Å². The van der Waals surface area contributed by atoms with Crippen LogP contribution < -0.4 is 4.90 Å². The van der Waals surface area contributed by atoms with Gasteiger partial charge >= 0.3 is 0 Å². The van der Waals surface area contributed by atoms with Gasteiger partial charge in [-0.05, 0) is 19.1 Å². The van der Waals surface area contributed by atoms with E-state index in [0.717, 1.165) is 49.0 Å². The minimum atomic E-state index is 0.198. The van der Waals surface area contributed by atoms with Crippen LogP contribution in [0.15, 0.2) is 47.5 Å². The Labute approximate surface area is 147 Å². The van der Waals surface area contributed by atoms with Gasteiger partial charge in [0.25, 0.3) is 0 Å². The summed E-state index contributed by atoms with van der Waals surface area (Å²) in [7, 11) is 0. The highest BCUT2D eigenvalue weighted by atomic mass is 32.2. The number of quaternary nitrogens is 1. The summed E-state index contributed by atoms with van der Waals surface area (Å²) in [6, 6.07) is 13.9. The normalized spacial score (nSPS) is 15.5. The monoisotopic (exact) mass is 343 g/mol. The molecule has 1 aromatic carbocycles. The molecular formula is C18H23N4OS+. The van der Waals surface area contributed by atoms with Gasteiger partial charge in [0, 0.05) is 5.56 Å². The van der Waals surface area contributed by atoms with E-state index < -0.39 is 0 Å². The van der Waals surface area contributed by atoms with Crippen molar-refractivity contribution in [2.45, 2.75) is 11.9 Å². The molecule has 1 N–H and O–H groups in total. The van der Waals surface area contributed by atoms with Crippen molar-refractivity contribution in [3.63, 3.8) is 0 Å². The van der Waals surface area contributed by atoms with Gasteiger partial charge in [-0.1, -0.05) is 42.1 Å². The topological polar surface area (TPSA) is 50.5 Å². The van der Waals surface area contributed by atoms with Gasteiger partial charge in [0.15, 0.2) is 0 Å². The predicted octanol–water partition coefficient (Wildman–Crippen LogP) is 0.983. The Morgan fingerprint density at radius 1 is 1.12 bits per heavy atom. The van der Waals surface area contributed by atoms with E-state index in [9.17, 15) is 4.79 Å². The average Bonchev–Trinajstić information content (AvgIpc) is 2.67. The zero-order chi connectivity index (χ0) is 16.8. The molecule has 24 heavy (non-hydrogen) atoms. The molecule has 6 heteroatoms. The number of carbonyl (C=O) groups excluding carboxylic acids is 1. The fourth-order valence-corrected chi connectivity index (χ4v) is 3.53. The van der Waals surface area contributed by atoms with Crippen molar-refractivity contribution in [3.05, 3.63) is 42.5 Å². The zero-order valence-electron chi connectivity index (χ0n) is 13.9. The van der Waals surface area contributed by atoms with E-state index in [1.165, 1.54) is 11.8 Å². The van der Waals surface area contributed by atoms with Gasteiger partial charge in [0.1, 0.15) is 5.03 Å². The Balaban J connectivity index is 1.51. The summed E-state index contributed by atoms with van der Waals surface area (Å²) >= 11 is 1.46. The molecule has 126 valence electrons. The number of hydrogen-bond acceptors (Lipinski definition) is 4. The van der Waals surface area contributed by atoms with Crippen LogP contribution in [0, 0.1) is 0 Å². The lowest BCUT2D eigenvalue weighted by atomic mass is 10.1. The standard InChI is InChI=1S/C18H22N4OS/c1-2-21-10-12-22(13-11-21)18(23)14-24-17-9-8-16(19-20-17)15-6-4-3-5-7-15/h3-9H,2,10-14H2,1H3/p+1. The summed E-state index contributed by atoms with van der Waals surface area (Å²) in [5, 5.41) is 9.29. The van der Waals surface area contributed by atoms with Gasteiger partial charge in [-0.2, -0.15) is 0 Å². The maximum Gasteiger partial charge on any atom is 0.233 e. The van der Waals surface area contributed by atoms with Crippen LogP contribution in [0.5, 0.6) is 0 Å². The molecule has 0 saturated carbocycles. The van der Waals surface area contributed by atoms with E-state index in [-0.39, 0.29) is 5.91 Å². The third-order valence-electron chi connectivity index (χ3n) is 4.38. The number of aromatic nitrogens is 2. The molecule has 0 bridgehead atoms. The average molecular weight is 343 g/mol. The second-order valence-corrected chi connectivity index (χ2v) is 6.89. The van der Waals surface area contributed by atoms with Gasteiger partial charge in [0.2, 0.25) is 5.91 Å². The number of amides is 1. The molecular weight excluding hydrogens is 320 g/mol. The Kier molecular flexibility index (Phi) is 5.82. The van der Waals surface area contributed by atoms with Gasteiger partial charge in [0.05, 0.1) is 44.2 Å². The number of piperazine rings is 1. The smallest absolute Gasteiger partial charge is 0.233 e. The van der Waals surface area contributed by atoms with Crippen molar-refractivity contribution in [1.82, 2.24) is 15.1 Å². The molecule has 0 spiro atoms. The van der Waals surface area contributed by atoms with Crippen LogP contribution in [0.4, 0.5) is 0 Å². The van der Waals surface area contributed by atoms with Crippen LogP contribution in [0.1, 0.15) is 6.92 Å². The number of nitrogens with zero attached hydrogens (tertiary/aromatic N) is 3. The molecule has 1 aliphatic rings. The third kappa shape index (κ3) is 4.33. The highest BCUT2D eigenvalue weighted by Crippen LogP contribution is 2.19. The number of carbonyl (C=O) groups is 1. The SMILES string of the molecule is CC[NH+]1CCN(C(=O)CSc2ccc(-c3ccccc3)nn2)CC1. The Morgan fingerprint density at radius 3 is 2.50 bits per heavy atom. The molecule has 1 amide bonds. The molecule has 1 aliphatic heterocycles. The first-order valence-electron chi connectivity index (χ1n) is 8.39. The summed E-state index contributed by atoms with van der Waals surface area (Å²) in [5.41, 5.74) is 1.90. The number of rotatable bonds is 5. The summed E-state index contributed by atoms with van der Waals surface area (Å²) in [6.07, 6.45) is 0. The van der Waals surface area contributed by atoms with E-state index in [2.05, 4.69) is 17.1 Å². The highest BCUT2D eigenvalue weighted by molar-refractivity contribution is 7.99. The van der Waals surface area contributed by atoms with Gasteiger partial charge in [-0.25, -0.2) is 0 Å². The Morgan fingerprint density at radius 2 is 1.88 bits per heavy atom. The van der Waals surface area contributed by atoms with Crippen molar-refractivity contribution in [2.75, 3.05) is 38.5 Å². The van der Waals surface area contributed by atoms with Crippen LogP contribution in [0.25, 0.3) is 11.3 Å². The fourth-order valence-electron chi connectivity index (χ4n) is 2.81. The Hall–Kier alpha value is -1.92. The molecule has 0 aliphatic carbocycles. The number of nitrogens with one attached hydrogen (secondary N) is 1. The molecule has 1 aromatic heterocycles. The minimum Gasteiger partial charge on any atom is -0.332 e. The molecule has 1 fully saturated rings. The van der Waals surface area contributed by atoms with Crippen LogP contribution in [0.3, 0.4) is 0 Å². The quantitative estimate of drug-likeness (QED) is 0.823. The van der Waals surface area contributed by atoms with Crippen molar-refractivity contribution in [3.8, 4) is 11.3 Å². The van der Waals surface area contributed by atoms with Crippen molar-refractivity contribution in [2.24, 2.45) is 0 Å². The predicted molar refractivity (Wildman–Crippen MR) is 96.0 cm³/mol. The fraction of sp³-hybridized carbons (Fsp3) is 0.389. The summed E-state index contributed by atoms with van der Waals surface area (Å²) < 4.78 is 0. The third-order valence-corrected chi connectivity index (χ3v) is 5.28. The number of thioether (sulfide) groups is 1. The number of benzene rings is 1. The van der Waals surface area contributed by atoms with Gasteiger partial charge in [-0.3, -0.25) is 4.79 Å². The van der Waals surface area contributed by atoms with E-state index >= 15 is 0 Å². The lowest BCUT2D eigenvalue weighted by Crippen LogP contribution is -3.14. The molecule has 1 saturated heterocycles. The molecule has 5 nitrogen and oxygen atoms in total. The number of likely N-dealkylation sites (N-methyl/N-ethyl adjacent to an activating group) is 1. The van der Waals surface area contributed by atoms with E-state index in [1.54, 1.807) is 4.90 Å². The van der Waals surface area contributed by atoms with Crippen molar-refractivity contribution >= 4 is 17.7 Å². The van der Waals surface area contributed by atoms with E-state index in [4.69, 9.17) is 0 Å². The van der Waals surface area contributed by atoms with E-state index in [1.807, 2.05) is 47.4 Å². The lowest BCUT2D eigenvalue weighted by Gasteiger charge is -2.31. The first-order valence-corrected chi connectivity index (χ1v) is 9.38. The van der Waals surface area contributed by atoms with Crippen molar-refractivity contribution < 1.29 is 9.69 Å². The van der Waals surface area contributed by atoms with Crippen LogP contribution >= 0.6 is 11.8 Å². The zero-order valence-corrected chi connectivity index (χ0v) is 14.8. The maximum absolute atomic E-state index is 12.3. The first-order chi connectivity index (χ1) is 11.8. The summed E-state index contributed by atoms with van der Waals surface area (Å²) in [5.74, 6) is 0.630. The minimum absolute atomic E-state index is 0.198. The van der Waals surface area contributed by atoms with Gasteiger partial charge < -0.3 is 9.80 Å². The first kappa shape index (κ1) is 16.9. The largest absolute Gasteiger partial charge is 0.332 e. The molecule has 0 radical (unpaired) electrons. The summed E-state index contributed by atoms with van der Waals surface area (Å²) in [4.78, 5) is 15.9. The molecule has 2 heterocycles.